The number of carbonyl (C=O) groups is 4. The van der Waals surface area contributed by atoms with Crippen molar-refractivity contribution in [2.75, 3.05) is 32.0 Å². The van der Waals surface area contributed by atoms with Gasteiger partial charge in [0.25, 0.3) is 0 Å². The molecule has 13 heteroatoms. The van der Waals surface area contributed by atoms with Crippen LogP contribution in [0.5, 0.6) is 0 Å². The van der Waals surface area contributed by atoms with E-state index in [1.807, 2.05) is 44.2 Å². The topological polar surface area (TPSA) is 205 Å². The summed E-state index contributed by atoms with van der Waals surface area (Å²) in [6.07, 6.45) is 0.202. The Balaban J connectivity index is 0.000000419. The minimum Gasteiger partial charge on any atom is -0.480 e. The van der Waals surface area contributed by atoms with Gasteiger partial charge in [0.15, 0.2) is 0 Å². The van der Waals surface area contributed by atoms with Gasteiger partial charge in [-0.25, -0.2) is 9.59 Å². The third-order valence-corrected chi connectivity index (χ3v) is 8.45. The van der Waals surface area contributed by atoms with Crippen LogP contribution in [0.3, 0.4) is 0 Å². The second-order valence-corrected chi connectivity index (χ2v) is 11.9. The zero-order chi connectivity index (χ0) is 29.4. The summed E-state index contributed by atoms with van der Waals surface area (Å²) < 4.78 is 4.60. The van der Waals surface area contributed by atoms with Gasteiger partial charge in [0.2, 0.25) is 11.8 Å². The first-order chi connectivity index (χ1) is 19.0. The molecule has 3 atom stereocenters. The van der Waals surface area contributed by atoms with E-state index >= 15 is 0 Å². The van der Waals surface area contributed by atoms with Crippen molar-refractivity contribution in [3.05, 3.63) is 65.7 Å². The fourth-order valence-corrected chi connectivity index (χ4v) is 6.29. The highest BCUT2D eigenvalue weighted by atomic mass is 32.2. The highest BCUT2D eigenvalue weighted by molar-refractivity contribution is 8.01. The number of carboxylic acids is 1. The minimum absolute atomic E-state index is 0. The number of nitrogens with one attached hydrogen (secondary N) is 1. The van der Waals surface area contributed by atoms with Gasteiger partial charge < -0.3 is 41.6 Å². The molecule has 232 valence electrons. The lowest BCUT2D eigenvalue weighted by Gasteiger charge is -2.43. The number of nitrogens with zero attached hydrogens (tertiary/aromatic N) is 2. The summed E-state index contributed by atoms with van der Waals surface area (Å²) in [4.78, 5) is 51.0. The van der Waals surface area contributed by atoms with Gasteiger partial charge in [0.05, 0.1) is 12.0 Å². The van der Waals surface area contributed by atoms with Gasteiger partial charge in [-0.3, -0.25) is 9.59 Å². The van der Waals surface area contributed by atoms with Crippen LogP contribution in [-0.4, -0.2) is 98.1 Å². The number of benzene rings is 2. The fraction of sp³-hybridized carbons (Fsp3) is 0.448. The lowest BCUT2D eigenvalue weighted by Crippen LogP contribution is -2.70. The van der Waals surface area contributed by atoms with E-state index < -0.39 is 22.8 Å². The number of likely N-dealkylation sites (N-methyl/N-ethyl adjacent to an activating group) is 1. The maximum absolute atomic E-state index is 12.3. The van der Waals surface area contributed by atoms with Crippen molar-refractivity contribution < 1.29 is 40.0 Å². The van der Waals surface area contributed by atoms with Gasteiger partial charge in [0, 0.05) is 17.0 Å². The average Bonchev–Trinajstić information content (AvgIpc) is 3.19. The summed E-state index contributed by atoms with van der Waals surface area (Å²) in [7, 11) is 0. The number of ether oxygens (including phenoxy) is 1. The van der Waals surface area contributed by atoms with E-state index in [2.05, 4.69) is 24.1 Å². The van der Waals surface area contributed by atoms with E-state index in [0.29, 0.717) is 17.9 Å². The van der Waals surface area contributed by atoms with Crippen molar-refractivity contribution in [1.29, 1.82) is 0 Å². The number of nitrogen functional groups attached to an aromatic ring is 1. The van der Waals surface area contributed by atoms with E-state index in [4.69, 9.17) is 10.5 Å². The second-order valence-electron chi connectivity index (χ2n) is 10.1. The van der Waals surface area contributed by atoms with Crippen LogP contribution in [-0.2, 0) is 25.5 Å². The number of amides is 2. The molecule has 0 aromatic heterocycles. The highest BCUT2D eigenvalue weighted by Crippen LogP contribution is 2.50. The Labute approximate surface area is 250 Å². The summed E-state index contributed by atoms with van der Waals surface area (Å²) in [5.41, 5.74) is 7.60. The van der Waals surface area contributed by atoms with E-state index in [-0.39, 0.29) is 40.5 Å². The Hall–Kier alpha value is -3.65. The van der Waals surface area contributed by atoms with Crippen molar-refractivity contribution in [3.63, 3.8) is 0 Å². The smallest absolute Gasteiger partial charge is 0.338 e. The van der Waals surface area contributed by atoms with Gasteiger partial charge in [-0.05, 0) is 56.8 Å². The SMILES string of the molecule is CC1(C)S[C@@H]2[C@H](NC(=O)Cc3ccccc3)C(=O)N2[C@H]1C(=O)O.CCN(CC)CCOC(=O)c1ccc(N)cc1.O.O. The summed E-state index contributed by atoms with van der Waals surface area (Å²) in [5.74, 6) is -1.85. The summed E-state index contributed by atoms with van der Waals surface area (Å²) in [6.45, 7) is 10.9. The van der Waals surface area contributed by atoms with Crippen LogP contribution >= 0.6 is 11.8 Å². The molecule has 0 saturated carbocycles. The Morgan fingerprint density at radius 3 is 2.19 bits per heavy atom. The van der Waals surface area contributed by atoms with Crippen LogP contribution in [0, 0.1) is 0 Å². The van der Waals surface area contributed by atoms with Crippen LogP contribution < -0.4 is 11.1 Å². The van der Waals surface area contributed by atoms with Gasteiger partial charge in [-0.15, -0.1) is 11.8 Å². The molecule has 4 rings (SSSR count). The van der Waals surface area contributed by atoms with Gasteiger partial charge in [-0.1, -0.05) is 44.2 Å². The van der Waals surface area contributed by atoms with Crippen LogP contribution in [0.4, 0.5) is 5.69 Å². The van der Waals surface area contributed by atoms with Crippen LogP contribution in [0.1, 0.15) is 43.6 Å². The van der Waals surface area contributed by atoms with Gasteiger partial charge >= 0.3 is 11.9 Å². The maximum atomic E-state index is 12.3. The first-order valence-corrected chi connectivity index (χ1v) is 14.2. The van der Waals surface area contributed by atoms with Crippen molar-refractivity contribution in [2.24, 2.45) is 0 Å². The molecule has 2 aliphatic rings. The Bertz CT molecular complexity index is 1190. The van der Waals surface area contributed by atoms with Crippen molar-refractivity contribution in [1.82, 2.24) is 15.1 Å². The molecule has 2 heterocycles. The zero-order valence-electron chi connectivity index (χ0n) is 24.3. The lowest BCUT2D eigenvalue weighted by atomic mass is 9.96. The first-order valence-electron chi connectivity index (χ1n) is 13.3. The highest BCUT2D eigenvalue weighted by Gasteiger charge is 2.64. The normalized spacial score (nSPS) is 19.6. The van der Waals surface area contributed by atoms with Crippen molar-refractivity contribution in [3.8, 4) is 0 Å². The second kappa shape index (κ2) is 16.1. The Morgan fingerprint density at radius 1 is 1.05 bits per heavy atom. The fourth-order valence-electron chi connectivity index (χ4n) is 4.66. The van der Waals surface area contributed by atoms with Gasteiger partial charge in [0.1, 0.15) is 24.1 Å². The molecule has 2 aliphatic heterocycles. The number of thioether (sulfide) groups is 1. The predicted molar refractivity (Wildman–Crippen MR) is 162 cm³/mol. The number of fused-ring (bicyclic) bond motifs is 1. The van der Waals surface area contributed by atoms with Crippen LogP contribution in [0.25, 0.3) is 0 Å². The molecule has 2 aromatic rings. The molecule has 42 heavy (non-hydrogen) atoms. The largest absolute Gasteiger partial charge is 0.480 e. The summed E-state index contributed by atoms with van der Waals surface area (Å²) in [6, 6.07) is 14.5. The molecule has 2 saturated heterocycles. The number of anilines is 1. The third kappa shape index (κ3) is 8.92. The van der Waals surface area contributed by atoms with Gasteiger partial charge in [-0.2, -0.15) is 0 Å². The third-order valence-electron chi connectivity index (χ3n) is 6.88. The molecule has 8 N–H and O–H groups in total. The molecule has 0 radical (unpaired) electrons. The molecular weight excluding hydrogens is 564 g/mol. The van der Waals surface area contributed by atoms with E-state index in [1.54, 1.807) is 24.3 Å². The molecule has 2 aromatic carbocycles. The predicted octanol–water partition coefficient (Wildman–Crippen LogP) is 0.979. The van der Waals surface area contributed by atoms with E-state index in [1.165, 1.54) is 16.7 Å². The molecule has 2 amide bonds. The lowest BCUT2D eigenvalue weighted by molar-refractivity contribution is -0.161. The minimum atomic E-state index is -1.01. The number of carboxylic acid groups (broad SMARTS) is 1. The van der Waals surface area contributed by atoms with Crippen LogP contribution in [0.2, 0.25) is 0 Å². The monoisotopic (exact) mass is 606 g/mol. The first kappa shape index (κ1) is 36.4. The zero-order valence-corrected chi connectivity index (χ0v) is 25.1. The van der Waals surface area contributed by atoms with Crippen molar-refractivity contribution in [2.45, 2.75) is 56.3 Å². The standard InChI is InChI=1S/C16H18N2O4S.C13H20N2O2.2H2O/c1-16(2)12(15(21)22)18-13(20)11(14(18)23-16)17-10(19)8-9-6-4-3-5-7-9;1-3-15(4-2)9-10-17-13(16)11-5-7-12(14)8-6-11;;/h3-7,11-12,14H,8H2,1-2H3,(H,17,19)(H,21,22);5-8H,3-4,9-10,14H2,1-2H3;2*1H2/t11-,12+,14-;;;/m1.../s1. The molecular formula is C29H42N4O8S. The molecule has 0 aliphatic carbocycles. The summed E-state index contributed by atoms with van der Waals surface area (Å²) >= 11 is 1.42. The molecule has 0 bridgehead atoms. The van der Waals surface area contributed by atoms with Crippen molar-refractivity contribution >= 4 is 41.2 Å². The average molecular weight is 607 g/mol. The Morgan fingerprint density at radius 2 is 1.64 bits per heavy atom. The number of carbonyl (C=O) groups excluding carboxylic acids is 3. The molecule has 0 unspecified atom stereocenters. The number of rotatable bonds is 10. The Kier molecular flexibility index (Phi) is 14.0. The number of nitrogens with two attached hydrogens (primary N) is 1. The molecule has 2 fully saturated rings. The molecule has 12 nitrogen and oxygen atoms in total. The number of aliphatic carboxylic acids is 1. The number of esters is 1. The summed E-state index contributed by atoms with van der Waals surface area (Å²) in [5, 5.41) is 11.8. The molecule has 0 spiro atoms. The van der Waals surface area contributed by atoms with E-state index in [9.17, 15) is 24.3 Å². The quantitative estimate of drug-likeness (QED) is 0.200. The number of hydrogen-bond donors (Lipinski definition) is 3. The maximum Gasteiger partial charge on any atom is 0.338 e. The number of hydrogen-bond acceptors (Lipinski definition) is 8. The number of β-lactam (4-membered cyclic amide) rings is 1. The van der Waals surface area contributed by atoms with E-state index in [0.717, 1.165) is 25.2 Å². The van der Waals surface area contributed by atoms with Crippen LogP contribution in [0.15, 0.2) is 54.6 Å².